The molecule has 1 heterocycles. The Morgan fingerprint density at radius 2 is 2.40 bits per heavy atom. The van der Waals surface area contributed by atoms with Crippen LogP contribution in [0.5, 0.6) is 5.88 Å². The molecule has 0 saturated heterocycles. The van der Waals surface area contributed by atoms with Crippen molar-refractivity contribution in [3.8, 4) is 5.88 Å². The van der Waals surface area contributed by atoms with E-state index < -0.39 is 11.2 Å². The van der Waals surface area contributed by atoms with Gasteiger partial charge in [-0.05, 0) is 0 Å². The van der Waals surface area contributed by atoms with Crippen LogP contribution in [0, 0.1) is 0 Å². The topological polar surface area (TPSA) is 107 Å². The molecule has 1 rings (SSSR count). The molecule has 0 spiro atoms. The molecule has 0 fully saturated rings. The van der Waals surface area contributed by atoms with Gasteiger partial charge in [0.15, 0.2) is 0 Å². The largest absolute Gasteiger partial charge is 0.617 e. The standard InChI is InChI=1S/C8H14N4O2S/c1-15(14)4-2-3-10-8-11-5-6(9)7(13)12-8/h5H,2-4,9H2,1H3,(H2,10,11,12,13). The third-order valence-electron chi connectivity index (χ3n) is 1.69. The first-order chi connectivity index (χ1) is 7.09. The van der Waals surface area contributed by atoms with Crippen molar-refractivity contribution in [3.63, 3.8) is 0 Å². The number of anilines is 2. The number of nitrogens with one attached hydrogen (secondary N) is 1. The predicted octanol–water partition coefficient (Wildman–Crippen LogP) is -0.0551. The van der Waals surface area contributed by atoms with Crippen LogP contribution in [0.2, 0.25) is 0 Å². The zero-order valence-corrected chi connectivity index (χ0v) is 9.25. The van der Waals surface area contributed by atoms with E-state index >= 15 is 0 Å². The molecule has 0 aliphatic rings. The van der Waals surface area contributed by atoms with Crippen LogP contribution < -0.4 is 11.1 Å². The quantitative estimate of drug-likeness (QED) is 0.483. The molecule has 0 amide bonds. The molecule has 7 heteroatoms. The third-order valence-corrected chi connectivity index (χ3v) is 2.55. The van der Waals surface area contributed by atoms with Crippen LogP contribution >= 0.6 is 0 Å². The summed E-state index contributed by atoms with van der Waals surface area (Å²) in [5, 5.41) is 12.1. The van der Waals surface area contributed by atoms with Crippen molar-refractivity contribution in [1.82, 2.24) is 9.97 Å². The smallest absolute Gasteiger partial charge is 0.239 e. The van der Waals surface area contributed by atoms with Crippen LogP contribution in [0.3, 0.4) is 0 Å². The summed E-state index contributed by atoms with van der Waals surface area (Å²) in [5.74, 6) is 0.726. The fourth-order valence-corrected chi connectivity index (χ4v) is 1.49. The average Bonchev–Trinajstić information content (AvgIpc) is 2.18. The van der Waals surface area contributed by atoms with Crippen molar-refractivity contribution >= 4 is 22.8 Å². The summed E-state index contributed by atoms with van der Waals surface area (Å²) in [7, 11) is 0. The predicted molar refractivity (Wildman–Crippen MR) is 60.1 cm³/mol. The minimum Gasteiger partial charge on any atom is -0.617 e. The summed E-state index contributed by atoms with van der Waals surface area (Å²) < 4.78 is 10.7. The molecule has 0 radical (unpaired) electrons. The number of hydrogen-bond acceptors (Lipinski definition) is 6. The third kappa shape index (κ3) is 4.22. The fourth-order valence-electron chi connectivity index (χ4n) is 0.943. The molecule has 0 aromatic carbocycles. The molecule has 0 aliphatic heterocycles. The van der Waals surface area contributed by atoms with Gasteiger partial charge >= 0.3 is 0 Å². The Bertz CT molecular complexity index is 322. The molecule has 1 aromatic rings. The van der Waals surface area contributed by atoms with E-state index in [0.717, 1.165) is 6.42 Å². The number of nitrogens with zero attached hydrogens (tertiary/aromatic N) is 2. The van der Waals surface area contributed by atoms with Gasteiger partial charge in [-0.1, -0.05) is 11.2 Å². The normalized spacial score (nSPS) is 12.4. The van der Waals surface area contributed by atoms with Gasteiger partial charge in [-0.15, -0.1) is 0 Å². The van der Waals surface area contributed by atoms with Gasteiger partial charge in [0.1, 0.15) is 11.4 Å². The second-order valence-electron chi connectivity index (χ2n) is 3.03. The summed E-state index contributed by atoms with van der Waals surface area (Å²) in [6.07, 6.45) is 3.76. The summed E-state index contributed by atoms with van der Waals surface area (Å²) in [6, 6.07) is 0. The molecular formula is C8H14N4O2S. The minimum atomic E-state index is -0.782. The van der Waals surface area contributed by atoms with E-state index in [1.54, 1.807) is 6.26 Å². The van der Waals surface area contributed by atoms with Crippen LogP contribution in [0.15, 0.2) is 6.20 Å². The maximum Gasteiger partial charge on any atom is 0.239 e. The highest BCUT2D eigenvalue weighted by atomic mass is 32.2. The highest BCUT2D eigenvalue weighted by molar-refractivity contribution is 7.90. The summed E-state index contributed by atoms with van der Waals surface area (Å²) in [6.45, 7) is 0.614. The van der Waals surface area contributed by atoms with Crippen molar-refractivity contribution in [3.05, 3.63) is 6.20 Å². The Labute approximate surface area is 91.1 Å². The van der Waals surface area contributed by atoms with Crippen LogP contribution in [-0.2, 0) is 11.2 Å². The van der Waals surface area contributed by atoms with Crippen molar-refractivity contribution in [2.24, 2.45) is 0 Å². The minimum absolute atomic E-state index is 0.148. The maximum atomic E-state index is 10.7. The first kappa shape index (κ1) is 11.9. The first-order valence-corrected chi connectivity index (χ1v) is 6.17. The summed E-state index contributed by atoms with van der Waals surface area (Å²) >= 11 is -0.782. The molecule has 0 saturated carbocycles. The lowest BCUT2D eigenvalue weighted by molar-refractivity contribution is 0.456. The van der Waals surface area contributed by atoms with E-state index in [0.29, 0.717) is 18.2 Å². The number of nitrogens with two attached hydrogens (primary N) is 1. The van der Waals surface area contributed by atoms with Gasteiger partial charge in [-0.3, -0.25) is 0 Å². The SMILES string of the molecule is C[S+]([O-])CCCNc1ncc(N)c(O)n1. The molecule has 15 heavy (non-hydrogen) atoms. The lowest BCUT2D eigenvalue weighted by atomic mass is 10.5. The molecule has 1 unspecified atom stereocenters. The Kier molecular flexibility index (Phi) is 4.44. The number of aromatic nitrogens is 2. The zero-order chi connectivity index (χ0) is 11.3. The van der Waals surface area contributed by atoms with Gasteiger partial charge in [0.25, 0.3) is 0 Å². The molecular weight excluding hydrogens is 216 g/mol. The van der Waals surface area contributed by atoms with Crippen molar-refractivity contribution in [1.29, 1.82) is 0 Å². The Morgan fingerprint density at radius 3 is 3.00 bits per heavy atom. The lowest BCUT2D eigenvalue weighted by Gasteiger charge is -2.06. The Balaban J connectivity index is 2.35. The number of hydrogen-bond donors (Lipinski definition) is 3. The molecule has 4 N–H and O–H groups in total. The molecule has 1 atom stereocenters. The van der Waals surface area contributed by atoms with E-state index in [4.69, 9.17) is 5.73 Å². The van der Waals surface area contributed by atoms with Crippen LogP contribution in [0.1, 0.15) is 6.42 Å². The summed E-state index contributed by atoms with van der Waals surface area (Å²) in [4.78, 5) is 7.59. The van der Waals surface area contributed by atoms with E-state index in [-0.39, 0.29) is 11.6 Å². The van der Waals surface area contributed by atoms with E-state index in [1.807, 2.05) is 0 Å². The van der Waals surface area contributed by atoms with Gasteiger partial charge in [0.05, 0.1) is 12.5 Å². The zero-order valence-electron chi connectivity index (χ0n) is 8.43. The van der Waals surface area contributed by atoms with E-state index in [1.165, 1.54) is 6.20 Å². The van der Waals surface area contributed by atoms with Gasteiger partial charge in [-0.2, -0.15) is 4.98 Å². The van der Waals surface area contributed by atoms with Crippen LogP contribution in [0.4, 0.5) is 11.6 Å². The molecule has 1 aromatic heterocycles. The highest BCUT2D eigenvalue weighted by Gasteiger charge is 2.02. The lowest BCUT2D eigenvalue weighted by Crippen LogP contribution is -2.11. The molecule has 0 bridgehead atoms. The Morgan fingerprint density at radius 1 is 1.67 bits per heavy atom. The first-order valence-electron chi connectivity index (χ1n) is 4.45. The van der Waals surface area contributed by atoms with Crippen LogP contribution in [-0.4, -0.2) is 38.2 Å². The summed E-state index contributed by atoms with van der Waals surface area (Å²) in [5.41, 5.74) is 5.49. The second-order valence-corrected chi connectivity index (χ2v) is 4.58. The second kappa shape index (κ2) is 5.62. The van der Waals surface area contributed by atoms with E-state index in [2.05, 4.69) is 15.3 Å². The Hall–Kier alpha value is -1.21. The molecule has 84 valence electrons. The average molecular weight is 230 g/mol. The van der Waals surface area contributed by atoms with E-state index in [9.17, 15) is 9.66 Å². The number of nitrogen functional groups attached to an aromatic ring is 1. The van der Waals surface area contributed by atoms with Gasteiger partial charge < -0.3 is 20.7 Å². The van der Waals surface area contributed by atoms with Gasteiger partial charge in [0, 0.05) is 13.0 Å². The molecule has 0 aliphatic carbocycles. The monoisotopic (exact) mass is 230 g/mol. The maximum absolute atomic E-state index is 10.7. The fraction of sp³-hybridized carbons (Fsp3) is 0.500. The highest BCUT2D eigenvalue weighted by Crippen LogP contribution is 2.15. The number of rotatable bonds is 5. The van der Waals surface area contributed by atoms with Gasteiger partial charge in [-0.25, -0.2) is 4.98 Å². The van der Waals surface area contributed by atoms with Gasteiger partial charge in [0.2, 0.25) is 11.8 Å². The van der Waals surface area contributed by atoms with Crippen LogP contribution in [0.25, 0.3) is 0 Å². The number of aromatic hydroxyl groups is 1. The van der Waals surface area contributed by atoms with Crippen molar-refractivity contribution < 1.29 is 9.66 Å². The van der Waals surface area contributed by atoms with Crippen molar-refractivity contribution in [2.75, 3.05) is 29.6 Å². The van der Waals surface area contributed by atoms with Crippen molar-refractivity contribution in [2.45, 2.75) is 6.42 Å². The molecule has 6 nitrogen and oxygen atoms in total.